The molecule has 0 radical (unpaired) electrons. The molecular weight excluding hydrogens is 240 g/mol. The Balaban J connectivity index is 2.80. The summed E-state index contributed by atoms with van der Waals surface area (Å²) >= 11 is 0. The minimum atomic E-state index is -3.95. The van der Waals surface area contributed by atoms with Crippen LogP contribution in [-0.4, -0.2) is 19.1 Å². The second-order valence-corrected chi connectivity index (χ2v) is 6.32. The van der Waals surface area contributed by atoms with Gasteiger partial charge in [-0.3, -0.25) is 4.79 Å². The van der Waals surface area contributed by atoms with E-state index in [1.165, 1.54) is 0 Å². The highest BCUT2D eigenvalue weighted by Crippen LogP contribution is 2.35. The number of carbonyl (C=O) groups excluding carboxylic acids is 1. The molecule has 0 fully saturated rings. The van der Waals surface area contributed by atoms with E-state index in [9.17, 15) is 13.2 Å². The Morgan fingerprint density at radius 2 is 2.00 bits per heavy atom. The molecule has 0 atom stereocenters. The fourth-order valence-electron chi connectivity index (χ4n) is 1.98. The normalized spacial score (nSPS) is 20.5. The second kappa shape index (κ2) is 3.54. The molecule has 0 unspecified atom stereocenters. The van der Waals surface area contributed by atoms with Crippen molar-refractivity contribution in [2.24, 2.45) is 5.73 Å². The lowest BCUT2D eigenvalue weighted by molar-refractivity contribution is -0.114. The molecule has 2 rings (SSSR count). The third-order valence-electron chi connectivity index (χ3n) is 2.79. The maximum atomic E-state index is 12.2. The average molecular weight is 254 g/mol. The molecule has 5 nitrogen and oxygen atoms in total. The van der Waals surface area contributed by atoms with Gasteiger partial charge in [-0.2, -0.15) is 0 Å². The van der Waals surface area contributed by atoms with Crippen LogP contribution >= 0.6 is 0 Å². The van der Waals surface area contributed by atoms with Crippen molar-refractivity contribution in [1.29, 1.82) is 0 Å². The molecule has 0 saturated carbocycles. The molecule has 0 amide bonds. The van der Waals surface area contributed by atoms with Crippen LogP contribution in [0, 0.1) is 0 Å². The third kappa shape index (κ3) is 1.64. The first kappa shape index (κ1) is 12.1. The Kier molecular flexibility index (Phi) is 2.52. The van der Waals surface area contributed by atoms with Crippen LogP contribution in [0.2, 0.25) is 0 Å². The van der Waals surface area contributed by atoms with Crippen LogP contribution in [0.15, 0.2) is 23.1 Å². The van der Waals surface area contributed by atoms with Crippen molar-refractivity contribution >= 4 is 20.6 Å². The average Bonchev–Trinajstić information content (AvgIpc) is 2.25. The lowest BCUT2D eigenvalue weighted by Crippen LogP contribution is -2.48. The molecule has 0 bridgehead atoms. The number of hydrogen-bond acceptors (Lipinski definition) is 5. The van der Waals surface area contributed by atoms with Gasteiger partial charge in [-0.05, 0) is 25.5 Å². The van der Waals surface area contributed by atoms with Gasteiger partial charge in [0, 0.05) is 6.54 Å². The Morgan fingerprint density at radius 3 is 2.59 bits per heavy atom. The SMILES string of the molecule is CC1(C)Nc2cccc(CN)c2S(=O)(=O)C1=O. The van der Waals surface area contributed by atoms with Crippen LogP contribution in [0.25, 0.3) is 0 Å². The summed E-state index contributed by atoms with van der Waals surface area (Å²) in [5.41, 5.74) is 5.29. The lowest BCUT2D eigenvalue weighted by atomic mass is 10.1. The van der Waals surface area contributed by atoms with E-state index in [2.05, 4.69) is 5.32 Å². The molecule has 0 spiro atoms. The maximum absolute atomic E-state index is 12.2. The highest BCUT2D eigenvalue weighted by atomic mass is 32.2. The van der Waals surface area contributed by atoms with Gasteiger partial charge in [0.2, 0.25) is 9.84 Å². The standard InChI is InChI=1S/C11H14N2O3S/c1-11(2)10(14)17(15,16)9-7(6-12)4-3-5-8(9)13-11/h3-5,13H,6,12H2,1-2H3. The number of fused-ring (bicyclic) bond motifs is 1. The molecule has 0 aromatic heterocycles. The van der Waals surface area contributed by atoms with Crippen LogP contribution in [0.1, 0.15) is 19.4 Å². The molecule has 0 aliphatic carbocycles. The van der Waals surface area contributed by atoms with Crippen molar-refractivity contribution in [2.75, 3.05) is 5.32 Å². The Labute approximate surface area is 99.9 Å². The zero-order chi connectivity index (χ0) is 12.8. The van der Waals surface area contributed by atoms with E-state index < -0.39 is 20.5 Å². The second-order valence-electron chi connectivity index (χ2n) is 4.54. The van der Waals surface area contributed by atoms with Crippen LogP contribution in [0.4, 0.5) is 5.69 Å². The van der Waals surface area contributed by atoms with Crippen molar-refractivity contribution in [3.63, 3.8) is 0 Å². The number of rotatable bonds is 1. The summed E-state index contributed by atoms with van der Waals surface area (Å²) in [6, 6.07) is 4.97. The molecule has 1 aliphatic rings. The van der Waals surface area contributed by atoms with Gasteiger partial charge in [0.05, 0.1) is 5.69 Å². The fourth-order valence-corrected chi connectivity index (χ4v) is 3.79. The van der Waals surface area contributed by atoms with E-state index in [0.29, 0.717) is 11.3 Å². The lowest BCUT2D eigenvalue weighted by Gasteiger charge is -2.32. The number of benzene rings is 1. The van der Waals surface area contributed by atoms with Crippen molar-refractivity contribution in [2.45, 2.75) is 30.8 Å². The van der Waals surface area contributed by atoms with Crippen LogP contribution < -0.4 is 11.1 Å². The largest absolute Gasteiger partial charge is 0.371 e. The highest BCUT2D eigenvalue weighted by Gasteiger charge is 2.45. The molecule has 0 saturated heterocycles. The molecule has 3 N–H and O–H groups in total. The molecular formula is C11H14N2O3S. The summed E-state index contributed by atoms with van der Waals surface area (Å²) in [5.74, 6) is 0. The van der Waals surface area contributed by atoms with E-state index >= 15 is 0 Å². The van der Waals surface area contributed by atoms with E-state index in [0.717, 1.165) is 0 Å². The minimum absolute atomic E-state index is 0.0202. The summed E-state index contributed by atoms with van der Waals surface area (Å²) in [6.45, 7) is 3.17. The van der Waals surface area contributed by atoms with E-state index in [1.54, 1.807) is 32.0 Å². The molecule has 1 aromatic rings. The summed E-state index contributed by atoms with van der Waals surface area (Å²) in [6.07, 6.45) is 0. The number of sulfone groups is 1. The van der Waals surface area contributed by atoms with Crippen LogP contribution in [0.5, 0.6) is 0 Å². The zero-order valence-corrected chi connectivity index (χ0v) is 10.5. The zero-order valence-electron chi connectivity index (χ0n) is 9.65. The van der Waals surface area contributed by atoms with Crippen molar-refractivity contribution < 1.29 is 13.2 Å². The molecule has 1 heterocycles. The van der Waals surface area contributed by atoms with Gasteiger partial charge in [-0.1, -0.05) is 12.1 Å². The van der Waals surface area contributed by atoms with Gasteiger partial charge in [0.15, 0.2) is 0 Å². The summed E-state index contributed by atoms with van der Waals surface area (Å²) in [4.78, 5) is 11.9. The van der Waals surface area contributed by atoms with Gasteiger partial charge >= 0.3 is 0 Å². The van der Waals surface area contributed by atoms with Crippen LogP contribution in [-0.2, 0) is 21.2 Å². The number of nitrogens with one attached hydrogen (secondary N) is 1. The fraction of sp³-hybridized carbons (Fsp3) is 0.364. The first-order chi connectivity index (χ1) is 7.80. The summed E-state index contributed by atoms with van der Waals surface area (Å²) in [7, 11) is -3.95. The predicted molar refractivity (Wildman–Crippen MR) is 64.2 cm³/mol. The smallest absolute Gasteiger partial charge is 0.275 e. The van der Waals surface area contributed by atoms with Gasteiger partial charge < -0.3 is 11.1 Å². The van der Waals surface area contributed by atoms with E-state index in [4.69, 9.17) is 5.73 Å². The van der Waals surface area contributed by atoms with Crippen molar-refractivity contribution in [3.8, 4) is 0 Å². The first-order valence-electron chi connectivity index (χ1n) is 5.20. The predicted octanol–water partition coefficient (Wildman–Crippen LogP) is 0.650. The number of hydrogen-bond donors (Lipinski definition) is 2. The highest BCUT2D eigenvalue weighted by molar-refractivity contribution is 8.06. The van der Waals surface area contributed by atoms with Crippen molar-refractivity contribution in [1.82, 2.24) is 0 Å². The molecule has 1 aliphatic heterocycles. The molecule has 6 heteroatoms. The van der Waals surface area contributed by atoms with Gasteiger partial charge in [-0.15, -0.1) is 0 Å². The molecule has 1 aromatic carbocycles. The van der Waals surface area contributed by atoms with Gasteiger partial charge in [-0.25, -0.2) is 8.42 Å². The molecule has 17 heavy (non-hydrogen) atoms. The Hall–Kier alpha value is -1.40. The first-order valence-corrected chi connectivity index (χ1v) is 6.68. The number of anilines is 1. The number of nitrogens with two attached hydrogens (primary N) is 1. The van der Waals surface area contributed by atoms with Crippen LogP contribution in [0.3, 0.4) is 0 Å². The maximum Gasteiger partial charge on any atom is 0.275 e. The minimum Gasteiger partial charge on any atom is -0.371 e. The third-order valence-corrected chi connectivity index (χ3v) is 4.80. The molecule has 92 valence electrons. The quantitative estimate of drug-likeness (QED) is 0.768. The monoisotopic (exact) mass is 254 g/mol. The van der Waals surface area contributed by atoms with Crippen molar-refractivity contribution in [3.05, 3.63) is 23.8 Å². The van der Waals surface area contributed by atoms with Gasteiger partial charge in [0.25, 0.3) is 5.12 Å². The Morgan fingerprint density at radius 1 is 1.35 bits per heavy atom. The summed E-state index contributed by atoms with van der Waals surface area (Å²) in [5, 5.41) is 2.11. The van der Waals surface area contributed by atoms with E-state index in [-0.39, 0.29) is 11.4 Å². The summed E-state index contributed by atoms with van der Waals surface area (Å²) < 4.78 is 24.3. The number of carbonyl (C=O) groups is 1. The van der Waals surface area contributed by atoms with E-state index in [1.807, 2.05) is 0 Å². The van der Waals surface area contributed by atoms with Gasteiger partial charge in [0.1, 0.15) is 10.4 Å². The Bertz CT molecular complexity index is 591. The topological polar surface area (TPSA) is 89.3 Å².